The van der Waals surface area contributed by atoms with Gasteiger partial charge in [0.25, 0.3) is 0 Å². The highest BCUT2D eigenvalue weighted by molar-refractivity contribution is 5.92. The monoisotopic (exact) mass is 412 g/mol. The lowest BCUT2D eigenvalue weighted by molar-refractivity contribution is -0.117. The van der Waals surface area contributed by atoms with E-state index in [9.17, 15) is 4.79 Å². The van der Waals surface area contributed by atoms with Gasteiger partial charge >= 0.3 is 0 Å². The smallest absolute Gasteiger partial charge is 0.244 e. The molecule has 4 rings (SSSR count). The summed E-state index contributed by atoms with van der Waals surface area (Å²) in [5.41, 5.74) is 3.31. The molecule has 1 fully saturated rings. The molecule has 1 N–H and O–H groups in total. The van der Waals surface area contributed by atoms with Crippen molar-refractivity contribution in [1.82, 2.24) is 10.3 Å². The van der Waals surface area contributed by atoms with E-state index in [0.29, 0.717) is 0 Å². The third-order valence-corrected chi connectivity index (χ3v) is 5.57. The molecule has 2 heterocycles. The maximum Gasteiger partial charge on any atom is 0.244 e. The van der Waals surface area contributed by atoms with Crippen LogP contribution in [-0.2, 0) is 4.79 Å². The number of carbonyl (C=O) groups excluding carboxylic acids is 1. The molecule has 31 heavy (non-hydrogen) atoms. The first-order valence-electron chi connectivity index (χ1n) is 10.7. The van der Waals surface area contributed by atoms with Crippen LogP contribution in [0.5, 0.6) is 0 Å². The molecule has 3 aromatic rings. The Bertz CT molecular complexity index is 1010. The van der Waals surface area contributed by atoms with Crippen LogP contribution in [0.4, 0.5) is 11.5 Å². The van der Waals surface area contributed by atoms with Gasteiger partial charge in [-0.15, -0.1) is 0 Å². The third kappa shape index (κ3) is 5.51. The van der Waals surface area contributed by atoms with Crippen LogP contribution in [0.3, 0.4) is 0 Å². The maximum atomic E-state index is 12.3. The third-order valence-electron chi connectivity index (χ3n) is 5.57. The maximum absolute atomic E-state index is 12.3. The van der Waals surface area contributed by atoms with Gasteiger partial charge in [-0.25, -0.2) is 4.98 Å². The Morgan fingerprint density at radius 1 is 0.935 bits per heavy atom. The van der Waals surface area contributed by atoms with E-state index in [-0.39, 0.29) is 11.9 Å². The van der Waals surface area contributed by atoms with Crippen LogP contribution in [0, 0.1) is 0 Å². The molecule has 5 heteroatoms. The van der Waals surface area contributed by atoms with Gasteiger partial charge in [0.2, 0.25) is 5.91 Å². The summed E-state index contributed by atoms with van der Waals surface area (Å²) in [6.45, 7) is 5.79. The van der Waals surface area contributed by atoms with Crippen LogP contribution in [-0.4, -0.2) is 37.1 Å². The first kappa shape index (κ1) is 20.7. The van der Waals surface area contributed by atoms with Gasteiger partial charge in [-0.05, 0) is 48.4 Å². The van der Waals surface area contributed by atoms with Crippen molar-refractivity contribution < 1.29 is 4.79 Å². The van der Waals surface area contributed by atoms with Crippen molar-refractivity contribution in [3.05, 3.63) is 96.2 Å². The fraction of sp³-hybridized carbons (Fsp3) is 0.231. The highest BCUT2D eigenvalue weighted by Crippen LogP contribution is 2.23. The lowest BCUT2D eigenvalue weighted by Gasteiger charge is -2.37. The minimum absolute atomic E-state index is 0.0670. The molecule has 0 saturated carbocycles. The molecule has 1 saturated heterocycles. The molecular weight excluding hydrogens is 384 g/mol. The van der Waals surface area contributed by atoms with Crippen LogP contribution in [0.1, 0.15) is 24.1 Å². The topological polar surface area (TPSA) is 48.5 Å². The summed E-state index contributed by atoms with van der Waals surface area (Å²) in [6, 6.07) is 24.3. The minimum atomic E-state index is -0.0919. The molecule has 1 atom stereocenters. The Kier molecular flexibility index (Phi) is 6.62. The predicted molar refractivity (Wildman–Crippen MR) is 127 cm³/mol. The molecule has 5 nitrogen and oxygen atoms in total. The average molecular weight is 413 g/mol. The van der Waals surface area contributed by atoms with E-state index in [2.05, 4.69) is 50.4 Å². The molecular formula is C26H28N4O. The zero-order valence-electron chi connectivity index (χ0n) is 17.8. The summed E-state index contributed by atoms with van der Waals surface area (Å²) in [7, 11) is 0. The number of benzene rings is 2. The van der Waals surface area contributed by atoms with E-state index < -0.39 is 0 Å². The van der Waals surface area contributed by atoms with Gasteiger partial charge in [0.05, 0.1) is 6.04 Å². The number of piperazine rings is 1. The molecule has 1 aromatic heterocycles. The molecule has 1 aliphatic rings. The number of aromatic nitrogens is 1. The van der Waals surface area contributed by atoms with Crippen LogP contribution in [0.2, 0.25) is 0 Å². The quantitative estimate of drug-likeness (QED) is 0.614. The fourth-order valence-corrected chi connectivity index (χ4v) is 3.81. The molecule has 0 bridgehead atoms. The Hall–Kier alpha value is -3.60. The number of pyridine rings is 1. The Labute approximate surface area is 184 Å². The largest absolute Gasteiger partial charge is 0.368 e. The van der Waals surface area contributed by atoms with Gasteiger partial charge in [-0.2, -0.15) is 0 Å². The number of rotatable bonds is 6. The zero-order valence-corrected chi connectivity index (χ0v) is 17.8. The lowest BCUT2D eigenvalue weighted by atomic mass is 10.1. The summed E-state index contributed by atoms with van der Waals surface area (Å²) in [5.74, 6) is 0.946. The molecule has 0 radical (unpaired) electrons. The van der Waals surface area contributed by atoms with Crippen LogP contribution in [0.15, 0.2) is 85.1 Å². The normalized spacial score (nSPS) is 15.1. The molecule has 0 aliphatic carbocycles. The predicted octanol–water partition coefficient (Wildman–Crippen LogP) is 4.30. The van der Waals surface area contributed by atoms with E-state index in [4.69, 9.17) is 0 Å². The molecule has 158 valence electrons. The van der Waals surface area contributed by atoms with E-state index in [1.165, 1.54) is 5.69 Å². The number of anilines is 2. The van der Waals surface area contributed by atoms with E-state index in [1.807, 2.05) is 61.7 Å². The summed E-state index contributed by atoms with van der Waals surface area (Å²) in [4.78, 5) is 21.5. The number of hydrogen-bond acceptors (Lipinski definition) is 4. The van der Waals surface area contributed by atoms with Gasteiger partial charge < -0.3 is 15.1 Å². The SMILES string of the molecule is C[C@H](NC(=O)C=Cc1ccccc1)c1cccc(N2CCN(c3ccccn3)CC2)c1. The van der Waals surface area contributed by atoms with Crippen molar-refractivity contribution in [2.75, 3.05) is 36.0 Å². The second kappa shape index (κ2) is 9.94. The highest BCUT2D eigenvalue weighted by Gasteiger charge is 2.19. The van der Waals surface area contributed by atoms with Gasteiger partial charge in [-0.1, -0.05) is 48.5 Å². The molecule has 1 amide bonds. The van der Waals surface area contributed by atoms with Gasteiger partial charge in [-0.3, -0.25) is 4.79 Å². The Morgan fingerprint density at radius 2 is 1.68 bits per heavy atom. The Balaban J connectivity index is 1.34. The first-order valence-corrected chi connectivity index (χ1v) is 10.7. The molecule has 0 spiro atoms. The van der Waals surface area contributed by atoms with Crippen molar-refractivity contribution in [3.63, 3.8) is 0 Å². The van der Waals surface area contributed by atoms with Crippen molar-refractivity contribution in [3.8, 4) is 0 Å². The molecule has 0 unspecified atom stereocenters. The summed E-state index contributed by atoms with van der Waals surface area (Å²) >= 11 is 0. The summed E-state index contributed by atoms with van der Waals surface area (Å²) in [5, 5.41) is 3.06. The first-order chi connectivity index (χ1) is 15.2. The number of amides is 1. The van der Waals surface area contributed by atoms with Crippen molar-refractivity contribution in [2.45, 2.75) is 13.0 Å². The average Bonchev–Trinajstić information content (AvgIpc) is 2.84. The second-order valence-electron chi connectivity index (χ2n) is 7.73. The second-order valence-corrected chi connectivity index (χ2v) is 7.73. The van der Waals surface area contributed by atoms with Crippen molar-refractivity contribution >= 4 is 23.5 Å². The molecule has 1 aliphatic heterocycles. The number of nitrogens with zero attached hydrogens (tertiary/aromatic N) is 3. The number of nitrogens with one attached hydrogen (secondary N) is 1. The number of carbonyl (C=O) groups is 1. The van der Waals surface area contributed by atoms with Crippen LogP contribution in [0.25, 0.3) is 6.08 Å². The number of hydrogen-bond donors (Lipinski definition) is 1. The minimum Gasteiger partial charge on any atom is -0.368 e. The lowest BCUT2D eigenvalue weighted by Crippen LogP contribution is -2.46. The Morgan fingerprint density at radius 3 is 2.42 bits per heavy atom. The van der Waals surface area contributed by atoms with Gasteiger partial charge in [0, 0.05) is 44.1 Å². The zero-order chi connectivity index (χ0) is 21.5. The van der Waals surface area contributed by atoms with Crippen molar-refractivity contribution in [1.29, 1.82) is 0 Å². The molecule has 2 aromatic carbocycles. The fourth-order valence-electron chi connectivity index (χ4n) is 3.81. The highest BCUT2D eigenvalue weighted by atomic mass is 16.1. The van der Waals surface area contributed by atoms with Crippen molar-refractivity contribution in [2.24, 2.45) is 0 Å². The van der Waals surface area contributed by atoms with Gasteiger partial charge in [0.15, 0.2) is 0 Å². The van der Waals surface area contributed by atoms with E-state index >= 15 is 0 Å². The van der Waals surface area contributed by atoms with Gasteiger partial charge in [0.1, 0.15) is 5.82 Å². The summed E-state index contributed by atoms with van der Waals surface area (Å²) < 4.78 is 0. The van der Waals surface area contributed by atoms with Crippen LogP contribution >= 0.6 is 0 Å². The van der Waals surface area contributed by atoms with E-state index in [0.717, 1.165) is 43.1 Å². The van der Waals surface area contributed by atoms with Crippen LogP contribution < -0.4 is 15.1 Å². The van der Waals surface area contributed by atoms with E-state index in [1.54, 1.807) is 6.08 Å². The standard InChI is InChI=1S/C26H28N4O/c1-21(28-26(31)14-13-22-8-3-2-4-9-22)23-10-7-11-24(20-23)29-16-18-30(19-17-29)25-12-5-6-15-27-25/h2-15,20-21H,16-19H2,1H3,(H,28,31)/t21-/m0/s1. The summed E-state index contributed by atoms with van der Waals surface area (Å²) in [6.07, 6.45) is 5.27.